The first kappa shape index (κ1) is 25.9. The van der Waals surface area contributed by atoms with Crippen LogP contribution >= 0.6 is 0 Å². The molecule has 0 unspecified atom stereocenters. The number of benzene rings is 3. The first-order valence-electron chi connectivity index (χ1n) is 12.4. The molecule has 0 saturated heterocycles. The number of rotatable bonds is 8. The maximum absolute atomic E-state index is 13.0. The highest BCUT2D eigenvalue weighted by molar-refractivity contribution is 5.98. The number of carbonyl (C=O) groups is 3. The predicted molar refractivity (Wildman–Crippen MR) is 144 cm³/mol. The third kappa shape index (κ3) is 6.00. The molecule has 0 aliphatic heterocycles. The van der Waals surface area contributed by atoms with Crippen molar-refractivity contribution < 1.29 is 19.1 Å². The molecule has 1 aliphatic carbocycles. The molecule has 1 radical (unpaired) electrons. The van der Waals surface area contributed by atoms with Gasteiger partial charge in [0.2, 0.25) is 11.8 Å². The molecule has 3 aromatic rings. The fourth-order valence-corrected chi connectivity index (χ4v) is 4.51. The molecule has 191 valence electrons. The Bertz CT molecular complexity index is 1240. The molecule has 2 atom stereocenters. The van der Waals surface area contributed by atoms with E-state index < -0.39 is 24.1 Å². The number of amides is 3. The Kier molecular flexibility index (Phi) is 7.92. The van der Waals surface area contributed by atoms with Gasteiger partial charge in [-0.05, 0) is 59.7 Å². The number of alkyl carbamates (subject to hydrolysis) is 1. The lowest BCUT2D eigenvalue weighted by atomic mass is 9.98. The Balaban J connectivity index is 1.34. The zero-order valence-electron chi connectivity index (χ0n) is 21.3. The second kappa shape index (κ2) is 11.3. The molecule has 3 amide bonds. The summed E-state index contributed by atoms with van der Waals surface area (Å²) >= 11 is 0. The van der Waals surface area contributed by atoms with Gasteiger partial charge in [-0.25, -0.2) is 4.79 Å². The highest BCUT2D eigenvalue weighted by atomic mass is 16.5. The van der Waals surface area contributed by atoms with Crippen LogP contribution in [-0.4, -0.2) is 36.6 Å². The fourth-order valence-electron chi connectivity index (χ4n) is 4.51. The van der Waals surface area contributed by atoms with E-state index in [1.807, 2.05) is 50.2 Å². The van der Waals surface area contributed by atoms with Crippen molar-refractivity contribution in [2.75, 3.05) is 11.9 Å². The molecule has 0 fully saturated rings. The number of carbonyl (C=O) groups excluding carboxylic acids is 3. The molecule has 37 heavy (non-hydrogen) atoms. The molecule has 7 heteroatoms. The molecule has 3 N–H and O–H groups in total. The minimum atomic E-state index is -0.864. The predicted octanol–water partition coefficient (Wildman–Crippen LogP) is 4.88. The lowest BCUT2D eigenvalue weighted by Gasteiger charge is -2.24. The topological polar surface area (TPSA) is 96.5 Å². The first-order chi connectivity index (χ1) is 17.7. The molecule has 1 aliphatic rings. The minimum absolute atomic E-state index is 0.0780. The van der Waals surface area contributed by atoms with Gasteiger partial charge in [-0.2, -0.15) is 0 Å². The van der Waals surface area contributed by atoms with Crippen LogP contribution in [-0.2, 0) is 14.3 Å². The maximum Gasteiger partial charge on any atom is 0.407 e. The Hall–Kier alpha value is -4.13. The summed E-state index contributed by atoms with van der Waals surface area (Å²) < 4.78 is 5.60. The normalized spacial score (nSPS) is 13.8. The number of ether oxygens (including phenoxy) is 1. The fraction of sp³-hybridized carbons (Fsp3) is 0.267. The van der Waals surface area contributed by atoms with Crippen LogP contribution in [0.3, 0.4) is 0 Å². The Morgan fingerprint density at radius 3 is 1.95 bits per heavy atom. The van der Waals surface area contributed by atoms with E-state index in [2.05, 4.69) is 35.0 Å². The number of nitrogens with one attached hydrogen (secondary N) is 3. The molecule has 0 aromatic heterocycles. The van der Waals surface area contributed by atoms with Crippen molar-refractivity contribution in [3.05, 3.63) is 96.4 Å². The number of fused-ring (bicyclic) bond motifs is 3. The maximum atomic E-state index is 13.0. The van der Waals surface area contributed by atoms with Crippen LogP contribution < -0.4 is 16.0 Å². The van der Waals surface area contributed by atoms with E-state index in [0.29, 0.717) is 5.69 Å². The van der Waals surface area contributed by atoms with Gasteiger partial charge in [0.25, 0.3) is 0 Å². The number of anilines is 1. The third-order valence-electron chi connectivity index (χ3n) is 6.54. The molecule has 3 aromatic carbocycles. The Morgan fingerprint density at radius 2 is 1.38 bits per heavy atom. The van der Waals surface area contributed by atoms with Crippen molar-refractivity contribution in [2.45, 2.75) is 38.8 Å². The molecule has 0 saturated carbocycles. The average molecular weight is 499 g/mol. The highest BCUT2D eigenvalue weighted by Crippen LogP contribution is 2.44. The summed E-state index contributed by atoms with van der Waals surface area (Å²) in [6.07, 6.45) is -0.680. The standard InChI is InChI=1S/C30H32N3O4/c1-18(2)27(29(35)31-20(4)28(34)32-21-15-13-19(3)14-16-21)33-30(36)37-17-26-24-11-7-5-9-22(24)23-10-6-8-12-25(23)26/h5-16,18,20,26-27H,3,17H2,1-2,4H3,(H,31,35)(H,32,34)(H,33,36)/t20-,27-/m0/s1. The van der Waals surface area contributed by atoms with Gasteiger partial charge in [0.05, 0.1) is 0 Å². The largest absolute Gasteiger partial charge is 0.449 e. The van der Waals surface area contributed by atoms with E-state index >= 15 is 0 Å². The first-order valence-corrected chi connectivity index (χ1v) is 12.4. The molecule has 7 nitrogen and oxygen atoms in total. The molecule has 4 rings (SSSR count). The smallest absolute Gasteiger partial charge is 0.407 e. The summed E-state index contributed by atoms with van der Waals surface area (Å²) in [5.41, 5.74) is 5.94. The lowest BCUT2D eigenvalue weighted by Crippen LogP contribution is -2.53. The van der Waals surface area contributed by atoms with Crippen LogP contribution in [0.4, 0.5) is 10.5 Å². The van der Waals surface area contributed by atoms with Crippen molar-refractivity contribution in [1.29, 1.82) is 0 Å². The second-order valence-corrected chi connectivity index (χ2v) is 9.61. The van der Waals surface area contributed by atoms with Gasteiger partial charge in [-0.1, -0.05) is 74.5 Å². The van der Waals surface area contributed by atoms with Crippen molar-refractivity contribution in [2.24, 2.45) is 5.92 Å². The van der Waals surface area contributed by atoms with E-state index in [0.717, 1.165) is 27.8 Å². The van der Waals surface area contributed by atoms with Crippen LogP contribution in [0.25, 0.3) is 11.1 Å². The highest BCUT2D eigenvalue weighted by Gasteiger charge is 2.31. The van der Waals surface area contributed by atoms with Gasteiger partial charge in [0, 0.05) is 11.6 Å². The second-order valence-electron chi connectivity index (χ2n) is 9.61. The third-order valence-corrected chi connectivity index (χ3v) is 6.54. The van der Waals surface area contributed by atoms with Crippen molar-refractivity contribution in [3.63, 3.8) is 0 Å². The van der Waals surface area contributed by atoms with E-state index in [9.17, 15) is 14.4 Å². The van der Waals surface area contributed by atoms with E-state index in [1.54, 1.807) is 31.2 Å². The lowest BCUT2D eigenvalue weighted by molar-refractivity contribution is -0.128. The van der Waals surface area contributed by atoms with Gasteiger partial charge in [-0.15, -0.1) is 0 Å². The van der Waals surface area contributed by atoms with Crippen LogP contribution in [0.5, 0.6) is 0 Å². The summed E-state index contributed by atoms with van der Waals surface area (Å²) in [6.45, 7) is 9.19. The van der Waals surface area contributed by atoms with Crippen LogP contribution in [0, 0.1) is 12.8 Å². The zero-order chi connectivity index (χ0) is 26.5. The van der Waals surface area contributed by atoms with Gasteiger partial charge < -0.3 is 20.7 Å². The van der Waals surface area contributed by atoms with E-state index in [4.69, 9.17) is 4.74 Å². The van der Waals surface area contributed by atoms with Crippen LogP contribution in [0.2, 0.25) is 0 Å². The summed E-state index contributed by atoms with van der Waals surface area (Å²) in [6, 6.07) is 21.6. The van der Waals surface area contributed by atoms with Crippen molar-refractivity contribution in [3.8, 4) is 11.1 Å². The minimum Gasteiger partial charge on any atom is -0.449 e. The molecule has 0 bridgehead atoms. The summed E-state index contributed by atoms with van der Waals surface area (Å²) in [5, 5.41) is 8.12. The van der Waals surface area contributed by atoms with Crippen molar-refractivity contribution in [1.82, 2.24) is 10.6 Å². The van der Waals surface area contributed by atoms with E-state index in [-0.39, 0.29) is 24.3 Å². The van der Waals surface area contributed by atoms with Crippen LogP contribution in [0.15, 0.2) is 72.8 Å². The van der Waals surface area contributed by atoms with Gasteiger partial charge >= 0.3 is 6.09 Å². The van der Waals surface area contributed by atoms with Crippen molar-refractivity contribution >= 4 is 23.6 Å². The Morgan fingerprint density at radius 1 is 0.811 bits per heavy atom. The molecule has 0 heterocycles. The van der Waals surface area contributed by atoms with Gasteiger partial charge in [-0.3, -0.25) is 9.59 Å². The molecule has 0 spiro atoms. The summed E-state index contributed by atoms with van der Waals surface area (Å²) in [7, 11) is 0. The molecular weight excluding hydrogens is 466 g/mol. The number of hydrogen-bond acceptors (Lipinski definition) is 4. The van der Waals surface area contributed by atoms with Gasteiger partial charge in [0.1, 0.15) is 18.7 Å². The SMILES string of the molecule is [CH2]c1ccc(NC(=O)[C@H](C)NC(=O)[C@@H](NC(=O)OCC2c3ccccc3-c3ccccc32)C(C)C)cc1. The zero-order valence-corrected chi connectivity index (χ0v) is 21.3. The average Bonchev–Trinajstić information content (AvgIpc) is 3.20. The van der Waals surface area contributed by atoms with Crippen LogP contribution in [0.1, 0.15) is 43.4 Å². The monoisotopic (exact) mass is 498 g/mol. The number of hydrogen-bond donors (Lipinski definition) is 3. The Labute approximate surface area is 217 Å². The quantitative estimate of drug-likeness (QED) is 0.413. The summed E-state index contributed by atoms with van der Waals surface area (Å²) in [5.74, 6) is -1.13. The molecular formula is C30H32N3O4. The van der Waals surface area contributed by atoms with Gasteiger partial charge in [0.15, 0.2) is 0 Å². The summed E-state index contributed by atoms with van der Waals surface area (Å²) in [4.78, 5) is 38.2. The van der Waals surface area contributed by atoms with E-state index in [1.165, 1.54) is 0 Å².